The predicted octanol–water partition coefficient (Wildman–Crippen LogP) is 3.45. The van der Waals surface area contributed by atoms with Crippen molar-refractivity contribution in [2.45, 2.75) is 47.0 Å². The van der Waals surface area contributed by atoms with Crippen LogP contribution in [-0.4, -0.2) is 10.8 Å². The molecule has 2 heteroatoms. The van der Waals surface area contributed by atoms with Crippen molar-refractivity contribution >= 4 is 5.71 Å². The highest BCUT2D eigenvalue weighted by Gasteiger charge is 2.34. The summed E-state index contributed by atoms with van der Waals surface area (Å²) in [6.07, 6.45) is 3.15. The molecule has 1 aliphatic heterocycles. The second-order valence-corrected chi connectivity index (χ2v) is 4.22. The van der Waals surface area contributed by atoms with Crippen LogP contribution in [-0.2, 0) is 0 Å². The molecule has 0 radical (unpaired) electrons. The number of hydrogen-bond donors (Lipinski definition) is 1. The summed E-state index contributed by atoms with van der Waals surface area (Å²) in [5, 5.41) is 9.88. The Kier molecular flexibility index (Phi) is 2.79. The first-order valence-corrected chi connectivity index (χ1v) is 4.98. The molecule has 0 atom stereocenters. The van der Waals surface area contributed by atoms with Crippen LogP contribution in [0.3, 0.4) is 0 Å². The molecule has 0 saturated heterocycles. The monoisotopic (exact) mass is 181 g/mol. The van der Waals surface area contributed by atoms with Gasteiger partial charge in [-0.1, -0.05) is 13.3 Å². The van der Waals surface area contributed by atoms with Gasteiger partial charge in [-0.15, -0.1) is 0 Å². The van der Waals surface area contributed by atoms with Crippen molar-refractivity contribution in [1.29, 1.82) is 0 Å². The average molecular weight is 181 g/mol. The fraction of sp³-hybridized carbons (Fsp3) is 0.727. The van der Waals surface area contributed by atoms with Crippen LogP contribution in [0.5, 0.6) is 0 Å². The summed E-state index contributed by atoms with van der Waals surface area (Å²) >= 11 is 0. The number of nitrogens with zero attached hydrogens (tertiary/aromatic N) is 1. The maximum Gasteiger partial charge on any atom is 0.125 e. The minimum absolute atomic E-state index is 0.233. The molecule has 2 nitrogen and oxygen atoms in total. The maximum atomic E-state index is 9.88. The zero-order valence-electron chi connectivity index (χ0n) is 9.02. The molecule has 1 N–H and O–H groups in total. The number of aliphatic hydroxyl groups is 1. The highest BCUT2D eigenvalue weighted by atomic mass is 16.3. The standard InChI is InChI=1S/C11H19NO/c1-5-6-7-9-10(13)11(3,4)8(2)12-9/h13H,5-7H2,1-4H3. The topological polar surface area (TPSA) is 32.6 Å². The second-order valence-electron chi connectivity index (χ2n) is 4.22. The van der Waals surface area contributed by atoms with Gasteiger partial charge in [0, 0.05) is 5.71 Å². The SMILES string of the molecule is CCCCC1=C(O)C(C)(C)C(C)=N1. The summed E-state index contributed by atoms with van der Waals surface area (Å²) in [6.45, 7) is 8.16. The lowest BCUT2D eigenvalue weighted by atomic mass is 9.87. The first-order chi connectivity index (χ1) is 6.00. The molecule has 0 unspecified atom stereocenters. The van der Waals surface area contributed by atoms with Crippen LogP contribution in [0.15, 0.2) is 16.4 Å². The largest absolute Gasteiger partial charge is 0.509 e. The molecule has 1 heterocycles. The molecular formula is C11H19NO. The van der Waals surface area contributed by atoms with Gasteiger partial charge in [0.15, 0.2) is 0 Å². The lowest BCUT2D eigenvalue weighted by molar-refractivity contribution is 0.315. The van der Waals surface area contributed by atoms with E-state index in [0.29, 0.717) is 5.76 Å². The number of rotatable bonds is 3. The van der Waals surface area contributed by atoms with Gasteiger partial charge in [-0.3, -0.25) is 4.99 Å². The summed E-state index contributed by atoms with van der Waals surface area (Å²) < 4.78 is 0. The minimum Gasteiger partial charge on any atom is -0.509 e. The minimum atomic E-state index is -0.233. The van der Waals surface area contributed by atoms with Crippen LogP contribution < -0.4 is 0 Å². The number of allylic oxidation sites excluding steroid dienone is 2. The van der Waals surface area contributed by atoms with Crippen LogP contribution in [0, 0.1) is 5.41 Å². The molecule has 0 fully saturated rings. The normalized spacial score (nSPS) is 20.8. The first kappa shape index (κ1) is 10.3. The summed E-state index contributed by atoms with van der Waals surface area (Å²) in [5.74, 6) is 0.471. The molecule has 0 saturated carbocycles. The molecule has 1 rings (SSSR count). The van der Waals surface area contributed by atoms with Crippen LogP contribution >= 0.6 is 0 Å². The van der Waals surface area contributed by atoms with E-state index >= 15 is 0 Å². The van der Waals surface area contributed by atoms with Gasteiger partial charge in [-0.25, -0.2) is 0 Å². The fourth-order valence-corrected chi connectivity index (χ4v) is 1.45. The molecule has 74 valence electrons. The van der Waals surface area contributed by atoms with Gasteiger partial charge in [0.1, 0.15) is 5.76 Å². The van der Waals surface area contributed by atoms with E-state index in [1.165, 1.54) is 0 Å². The van der Waals surface area contributed by atoms with Gasteiger partial charge in [0.25, 0.3) is 0 Å². The number of aliphatic hydroxyl groups excluding tert-OH is 1. The van der Waals surface area contributed by atoms with Gasteiger partial charge in [0.2, 0.25) is 0 Å². The maximum absolute atomic E-state index is 9.88. The van der Waals surface area contributed by atoms with Gasteiger partial charge in [-0.05, 0) is 33.6 Å². The molecule has 0 spiro atoms. The van der Waals surface area contributed by atoms with Crippen molar-refractivity contribution in [3.05, 3.63) is 11.5 Å². The van der Waals surface area contributed by atoms with Crippen LogP contribution in [0.2, 0.25) is 0 Å². The van der Waals surface area contributed by atoms with Crippen LogP contribution in [0.1, 0.15) is 47.0 Å². The summed E-state index contributed by atoms with van der Waals surface area (Å²) in [6, 6.07) is 0. The van der Waals surface area contributed by atoms with Crippen molar-refractivity contribution in [3.8, 4) is 0 Å². The molecule has 0 aliphatic carbocycles. The lowest BCUT2D eigenvalue weighted by Crippen LogP contribution is -2.20. The average Bonchev–Trinajstić information content (AvgIpc) is 2.26. The van der Waals surface area contributed by atoms with Crippen molar-refractivity contribution in [1.82, 2.24) is 0 Å². The Morgan fingerprint density at radius 3 is 2.38 bits per heavy atom. The molecule has 0 aromatic heterocycles. The Bertz CT molecular complexity index is 261. The van der Waals surface area contributed by atoms with Crippen molar-refractivity contribution in [3.63, 3.8) is 0 Å². The Hall–Kier alpha value is -0.790. The van der Waals surface area contributed by atoms with Gasteiger partial charge >= 0.3 is 0 Å². The molecule has 0 amide bonds. The Morgan fingerprint density at radius 2 is 2.00 bits per heavy atom. The Balaban J connectivity index is 2.80. The van der Waals surface area contributed by atoms with Gasteiger partial charge in [0.05, 0.1) is 11.1 Å². The van der Waals surface area contributed by atoms with E-state index < -0.39 is 0 Å². The predicted molar refractivity (Wildman–Crippen MR) is 56.1 cm³/mol. The number of unbranched alkanes of at least 4 members (excludes halogenated alkanes) is 1. The summed E-state index contributed by atoms with van der Waals surface area (Å²) in [5.41, 5.74) is 1.68. The summed E-state index contributed by atoms with van der Waals surface area (Å²) in [4.78, 5) is 4.41. The first-order valence-electron chi connectivity index (χ1n) is 4.98. The van der Waals surface area contributed by atoms with E-state index in [1.807, 2.05) is 20.8 Å². The van der Waals surface area contributed by atoms with Crippen molar-refractivity contribution in [2.24, 2.45) is 10.4 Å². The third-order valence-corrected chi connectivity index (χ3v) is 2.84. The summed E-state index contributed by atoms with van der Waals surface area (Å²) in [7, 11) is 0. The van der Waals surface area contributed by atoms with Gasteiger partial charge < -0.3 is 5.11 Å². The third-order valence-electron chi connectivity index (χ3n) is 2.84. The van der Waals surface area contributed by atoms with Crippen LogP contribution in [0.25, 0.3) is 0 Å². The molecule has 0 aromatic carbocycles. The smallest absolute Gasteiger partial charge is 0.125 e. The van der Waals surface area contributed by atoms with E-state index in [9.17, 15) is 5.11 Å². The van der Waals surface area contributed by atoms with E-state index in [-0.39, 0.29) is 5.41 Å². The van der Waals surface area contributed by atoms with Crippen LogP contribution in [0.4, 0.5) is 0 Å². The van der Waals surface area contributed by atoms with Crippen molar-refractivity contribution < 1.29 is 5.11 Å². The zero-order valence-corrected chi connectivity index (χ0v) is 9.02. The molecular weight excluding hydrogens is 162 g/mol. The molecule has 13 heavy (non-hydrogen) atoms. The third kappa shape index (κ3) is 1.77. The van der Waals surface area contributed by atoms with E-state index in [0.717, 1.165) is 30.7 Å². The van der Waals surface area contributed by atoms with Gasteiger partial charge in [-0.2, -0.15) is 0 Å². The number of hydrogen-bond acceptors (Lipinski definition) is 2. The molecule has 0 bridgehead atoms. The zero-order chi connectivity index (χ0) is 10.1. The lowest BCUT2D eigenvalue weighted by Gasteiger charge is -2.18. The highest BCUT2D eigenvalue weighted by molar-refractivity contribution is 5.93. The van der Waals surface area contributed by atoms with E-state index in [2.05, 4.69) is 11.9 Å². The quantitative estimate of drug-likeness (QED) is 0.710. The number of aliphatic imine (C=N–C) groups is 1. The Morgan fingerprint density at radius 1 is 1.38 bits per heavy atom. The Labute approximate surface area is 80.4 Å². The van der Waals surface area contributed by atoms with Crippen molar-refractivity contribution in [2.75, 3.05) is 0 Å². The van der Waals surface area contributed by atoms with E-state index in [4.69, 9.17) is 0 Å². The van der Waals surface area contributed by atoms with E-state index in [1.54, 1.807) is 0 Å². The molecule has 1 aliphatic rings. The fourth-order valence-electron chi connectivity index (χ4n) is 1.45. The second kappa shape index (κ2) is 3.52. The molecule has 0 aromatic rings. The highest BCUT2D eigenvalue weighted by Crippen LogP contribution is 2.36.